The number of hydrogen-bond acceptors (Lipinski definition) is 2. The molecule has 9 aromatic carbocycles. The van der Waals surface area contributed by atoms with Crippen molar-refractivity contribution in [3.63, 3.8) is 0 Å². The van der Waals surface area contributed by atoms with Gasteiger partial charge in [-0.3, -0.25) is 0 Å². The van der Waals surface area contributed by atoms with E-state index in [2.05, 4.69) is 218 Å². The first-order chi connectivity index (χ1) is 30.2. The van der Waals surface area contributed by atoms with Crippen LogP contribution in [-0.4, -0.2) is 9.97 Å². The molecule has 2 heteroatoms. The van der Waals surface area contributed by atoms with E-state index < -0.39 is 5.41 Å². The van der Waals surface area contributed by atoms with Crippen molar-refractivity contribution in [3.8, 4) is 89.5 Å². The summed E-state index contributed by atoms with van der Waals surface area (Å²) in [5.74, 6) is 0.708. The van der Waals surface area contributed by atoms with Crippen molar-refractivity contribution in [3.05, 3.63) is 253 Å². The number of benzene rings is 9. The van der Waals surface area contributed by atoms with E-state index in [-0.39, 0.29) is 0 Å². The Labute approximate surface area is 356 Å². The topological polar surface area (TPSA) is 25.8 Å². The molecule has 0 radical (unpaired) electrons. The highest BCUT2D eigenvalue weighted by Gasteiger charge is 2.51. The van der Waals surface area contributed by atoms with E-state index >= 15 is 0 Å². The van der Waals surface area contributed by atoms with Crippen molar-refractivity contribution >= 4 is 0 Å². The Balaban J connectivity index is 0.962. The van der Waals surface area contributed by atoms with Crippen LogP contribution in [0.5, 0.6) is 0 Å². The largest absolute Gasteiger partial charge is 0.228 e. The van der Waals surface area contributed by atoms with E-state index in [1.807, 2.05) is 12.1 Å². The SMILES string of the molecule is c1ccc(-c2cc(-c3ccccc3)nc(-c3ccc(-c4ccc(-c5cc6c(cc5-c5ccccc5)-c5ccccc5C65c6ccccc6-c6ccccc65)cc4)cc3)n2)cc1. The summed E-state index contributed by atoms with van der Waals surface area (Å²) in [4.78, 5) is 10.1. The fourth-order valence-electron chi connectivity index (χ4n) is 9.98. The summed E-state index contributed by atoms with van der Waals surface area (Å²) < 4.78 is 0. The van der Waals surface area contributed by atoms with E-state index in [1.54, 1.807) is 0 Å². The lowest BCUT2D eigenvalue weighted by Gasteiger charge is -2.31. The number of fused-ring (bicyclic) bond motifs is 10. The molecule has 0 amide bonds. The third-order valence-electron chi connectivity index (χ3n) is 12.8. The van der Waals surface area contributed by atoms with Gasteiger partial charge in [-0.25, -0.2) is 9.97 Å². The van der Waals surface area contributed by atoms with Crippen molar-refractivity contribution in [2.45, 2.75) is 5.41 Å². The predicted molar refractivity (Wildman–Crippen MR) is 251 cm³/mol. The second kappa shape index (κ2) is 14.1. The number of rotatable bonds is 6. The highest BCUT2D eigenvalue weighted by atomic mass is 14.9. The molecule has 0 saturated heterocycles. The third-order valence-corrected chi connectivity index (χ3v) is 12.8. The fourth-order valence-corrected chi connectivity index (χ4v) is 9.98. The van der Waals surface area contributed by atoms with E-state index in [0.29, 0.717) is 5.82 Å². The molecule has 0 aliphatic heterocycles. The Morgan fingerprint density at radius 2 is 0.590 bits per heavy atom. The van der Waals surface area contributed by atoms with Crippen LogP contribution in [0.3, 0.4) is 0 Å². The van der Waals surface area contributed by atoms with Gasteiger partial charge < -0.3 is 0 Å². The molecule has 10 aromatic rings. The molecular formula is C59H38N2. The van der Waals surface area contributed by atoms with Gasteiger partial charge in [0.25, 0.3) is 0 Å². The van der Waals surface area contributed by atoms with Gasteiger partial charge in [-0.15, -0.1) is 0 Å². The van der Waals surface area contributed by atoms with Crippen LogP contribution in [0.15, 0.2) is 231 Å². The maximum absolute atomic E-state index is 5.06. The molecule has 0 unspecified atom stereocenters. The molecule has 1 aromatic heterocycles. The highest BCUT2D eigenvalue weighted by molar-refractivity contribution is 5.99. The van der Waals surface area contributed by atoms with Crippen LogP contribution in [0.4, 0.5) is 0 Å². The summed E-state index contributed by atoms with van der Waals surface area (Å²) in [6.07, 6.45) is 0. The van der Waals surface area contributed by atoms with Crippen LogP contribution in [0, 0.1) is 0 Å². The summed E-state index contributed by atoms with van der Waals surface area (Å²) in [7, 11) is 0. The first-order valence-electron chi connectivity index (χ1n) is 21.0. The van der Waals surface area contributed by atoms with Gasteiger partial charge >= 0.3 is 0 Å². The molecule has 0 saturated carbocycles. The van der Waals surface area contributed by atoms with E-state index in [0.717, 1.165) is 39.2 Å². The Morgan fingerprint density at radius 3 is 1.08 bits per heavy atom. The molecule has 0 fully saturated rings. The zero-order valence-corrected chi connectivity index (χ0v) is 33.3. The zero-order valence-electron chi connectivity index (χ0n) is 33.3. The van der Waals surface area contributed by atoms with Crippen molar-refractivity contribution in [1.82, 2.24) is 9.97 Å². The van der Waals surface area contributed by atoms with Crippen LogP contribution in [0.1, 0.15) is 22.3 Å². The molecule has 1 spiro atoms. The lowest BCUT2D eigenvalue weighted by molar-refractivity contribution is 0.794. The standard InChI is InChI=1S/C59H38N2/c1-4-16-41(17-5-1)49-36-51-48-24-12-15-27-54(48)59(52-25-13-10-22-46(52)47-23-11-14-26-53(47)59)55(51)37-50(49)42-32-28-39(29-33-42)40-30-34-45(35-31-40)58-60-56(43-18-6-2-7-19-43)38-57(61-58)44-20-8-3-9-21-44/h1-38H. The molecule has 2 aliphatic rings. The molecule has 12 rings (SSSR count). The molecule has 0 atom stereocenters. The summed E-state index contributed by atoms with van der Waals surface area (Å²) in [5, 5.41) is 0. The molecule has 284 valence electrons. The second-order valence-corrected chi connectivity index (χ2v) is 16.0. The first-order valence-corrected chi connectivity index (χ1v) is 21.0. The number of aromatic nitrogens is 2. The Hall–Kier alpha value is -7.94. The average molecular weight is 775 g/mol. The Morgan fingerprint density at radius 1 is 0.230 bits per heavy atom. The minimum Gasteiger partial charge on any atom is -0.228 e. The summed E-state index contributed by atoms with van der Waals surface area (Å²) >= 11 is 0. The van der Waals surface area contributed by atoms with Crippen LogP contribution >= 0.6 is 0 Å². The van der Waals surface area contributed by atoms with Gasteiger partial charge in [-0.2, -0.15) is 0 Å². The minimum atomic E-state index is -0.406. The second-order valence-electron chi connectivity index (χ2n) is 16.0. The highest BCUT2D eigenvalue weighted by Crippen LogP contribution is 2.63. The molecule has 0 N–H and O–H groups in total. The lowest BCUT2D eigenvalue weighted by atomic mass is 9.70. The fraction of sp³-hybridized carbons (Fsp3) is 0.0169. The molecule has 1 heterocycles. The molecule has 2 aliphatic carbocycles. The monoisotopic (exact) mass is 774 g/mol. The van der Waals surface area contributed by atoms with Crippen molar-refractivity contribution in [1.29, 1.82) is 0 Å². The maximum atomic E-state index is 5.06. The molecule has 0 bridgehead atoms. The average Bonchev–Trinajstić information content (AvgIpc) is 3.81. The van der Waals surface area contributed by atoms with Crippen molar-refractivity contribution in [2.75, 3.05) is 0 Å². The van der Waals surface area contributed by atoms with Crippen molar-refractivity contribution < 1.29 is 0 Å². The smallest absolute Gasteiger partial charge is 0.160 e. The molecule has 61 heavy (non-hydrogen) atoms. The quantitative estimate of drug-likeness (QED) is 0.168. The van der Waals surface area contributed by atoms with Gasteiger partial charge in [0.05, 0.1) is 16.8 Å². The maximum Gasteiger partial charge on any atom is 0.160 e. The van der Waals surface area contributed by atoms with Crippen molar-refractivity contribution in [2.24, 2.45) is 0 Å². The van der Waals surface area contributed by atoms with Crippen LogP contribution in [0.2, 0.25) is 0 Å². The molecular weight excluding hydrogens is 737 g/mol. The normalized spacial score (nSPS) is 12.7. The Kier molecular flexibility index (Phi) is 8.11. The van der Waals surface area contributed by atoms with Gasteiger partial charge in [-0.05, 0) is 96.1 Å². The summed E-state index contributed by atoms with van der Waals surface area (Å²) in [6, 6.07) is 83.4. The van der Waals surface area contributed by atoms with Crippen LogP contribution in [0.25, 0.3) is 89.5 Å². The zero-order chi connectivity index (χ0) is 40.3. The minimum absolute atomic E-state index is 0.406. The van der Waals surface area contributed by atoms with Gasteiger partial charge in [0.2, 0.25) is 0 Å². The van der Waals surface area contributed by atoms with E-state index in [9.17, 15) is 0 Å². The van der Waals surface area contributed by atoms with Gasteiger partial charge in [-0.1, -0.05) is 212 Å². The summed E-state index contributed by atoms with van der Waals surface area (Å²) in [5.41, 5.74) is 22.3. The van der Waals surface area contributed by atoms with E-state index in [1.165, 1.54) is 66.8 Å². The van der Waals surface area contributed by atoms with Crippen LogP contribution < -0.4 is 0 Å². The van der Waals surface area contributed by atoms with Gasteiger partial charge in [0, 0.05) is 16.7 Å². The number of hydrogen-bond donors (Lipinski definition) is 0. The third kappa shape index (κ3) is 5.57. The van der Waals surface area contributed by atoms with Gasteiger partial charge in [0.15, 0.2) is 5.82 Å². The van der Waals surface area contributed by atoms with E-state index in [4.69, 9.17) is 9.97 Å². The first kappa shape index (κ1) is 35.0. The van der Waals surface area contributed by atoms with Crippen LogP contribution in [-0.2, 0) is 5.41 Å². The Bertz CT molecular complexity index is 3160. The van der Waals surface area contributed by atoms with Gasteiger partial charge in [0.1, 0.15) is 0 Å². The molecule has 2 nitrogen and oxygen atoms in total. The lowest BCUT2D eigenvalue weighted by Crippen LogP contribution is -2.25. The number of nitrogens with zero attached hydrogens (tertiary/aromatic N) is 2. The summed E-state index contributed by atoms with van der Waals surface area (Å²) in [6.45, 7) is 0. The predicted octanol–water partition coefficient (Wildman–Crippen LogP) is 14.8.